The van der Waals surface area contributed by atoms with Crippen LogP contribution >= 0.6 is 11.6 Å². The molecule has 1 N–H and O–H groups in total. The second kappa shape index (κ2) is 6.43. The van der Waals surface area contributed by atoms with E-state index in [4.69, 9.17) is 11.6 Å². The number of aromatic nitrogens is 2. The van der Waals surface area contributed by atoms with Crippen LogP contribution in [0.5, 0.6) is 0 Å². The highest BCUT2D eigenvalue weighted by atomic mass is 35.5. The molecule has 0 bridgehead atoms. The number of para-hydroxylation sites is 1. The minimum atomic E-state index is -0.206. The van der Waals surface area contributed by atoms with E-state index in [9.17, 15) is 4.79 Å². The van der Waals surface area contributed by atoms with Crippen molar-refractivity contribution in [2.24, 2.45) is 0 Å². The fraction of sp³-hybridized carbons (Fsp3) is 0.286. The predicted octanol–water partition coefficient (Wildman–Crippen LogP) is 3.22. The number of nitrogens with zero attached hydrogens (tertiary/aromatic N) is 3. The Morgan fingerprint density at radius 1 is 1.45 bits per heavy atom. The Labute approximate surface area is 123 Å². The minimum Gasteiger partial charge on any atom is -0.323 e. The number of amides is 2. The molecular formula is C14H17ClN4O. The normalized spacial score (nSPS) is 10.3. The Kier molecular flexibility index (Phi) is 4.63. The van der Waals surface area contributed by atoms with E-state index in [0.29, 0.717) is 17.3 Å². The number of aryl methyl sites for hydroxylation is 1. The van der Waals surface area contributed by atoms with E-state index in [0.717, 1.165) is 12.1 Å². The van der Waals surface area contributed by atoms with Crippen LogP contribution in [0.2, 0.25) is 5.02 Å². The van der Waals surface area contributed by atoms with E-state index >= 15 is 0 Å². The largest absolute Gasteiger partial charge is 0.323 e. The zero-order valence-corrected chi connectivity index (χ0v) is 12.3. The molecule has 0 atom stereocenters. The van der Waals surface area contributed by atoms with Gasteiger partial charge < -0.3 is 10.2 Å². The van der Waals surface area contributed by atoms with Crippen molar-refractivity contribution < 1.29 is 4.79 Å². The summed E-state index contributed by atoms with van der Waals surface area (Å²) in [6, 6.07) is 6.95. The molecule has 0 aliphatic rings. The third-order valence-corrected chi connectivity index (χ3v) is 3.22. The zero-order chi connectivity index (χ0) is 14.5. The molecule has 6 heteroatoms. The molecule has 0 aliphatic carbocycles. The molecule has 0 saturated heterocycles. The number of urea groups is 1. The lowest BCUT2D eigenvalue weighted by molar-refractivity contribution is 0.220. The highest BCUT2D eigenvalue weighted by Crippen LogP contribution is 2.20. The van der Waals surface area contributed by atoms with Crippen LogP contribution < -0.4 is 5.32 Å². The Bertz CT molecular complexity index is 596. The molecule has 2 amide bonds. The molecule has 5 nitrogen and oxygen atoms in total. The van der Waals surface area contributed by atoms with Gasteiger partial charge in [-0.1, -0.05) is 23.7 Å². The molecule has 1 heterocycles. The highest BCUT2D eigenvalue weighted by Gasteiger charge is 2.11. The molecular weight excluding hydrogens is 276 g/mol. The molecule has 1 aromatic carbocycles. The van der Waals surface area contributed by atoms with Crippen LogP contribution in [0.25, 0.3) is 0 Å². The summed E-state index contributed by atoms with van der Waals surface area (Å²) in [6.07, 6.45) is 3.70. The van der Waals surface area contributed by atoms with Gasteiger partial charge in [0.2, 0.25) is 0 Å². The third kappa shape index (κ3) is 3.51. The van der Waals surface area contributed by atoms with Crippen molar-refractivity contribution in [2.45, 2.75) is 20.0 Å². The smallest absolute Gasteiger partial charge is 0.321 e. The summed E-state index contributed by atoms with van der Waals surface area (Å²) < 4.78 is 1.83. The first kappa shape index (κ1) is 14.4. The van der Waals surface area contributed by atoms with E-state index in [-0.39, 0.29) is 6.03 Å². The van der Waals surface area contributed by atoms with Crippen molar-refractivity contribution in [2.75, 3.05) is 12.4 Å². The molecule has 1 aromatic heterocycles. The number of carbonyl (C=O) groups is 1. The third-order valence-electron chi connectivity index (χ3n) is 2.89. The number of halogens is 1. The molecule has 2 rings (SSSR count). The first-order valence-corrected chi connectivity index (χ1v) is 6.76. The monoisotopic (exact) mass is 292 g/mol. The van der Waals surface area contributed by atoms with Gasteiger partial charge >= 0.3 is 6.03 Å². The van der Waals surface area contributed by atoms with Crippen molar-refractivity contribution in [3.05, 3.63) is 47.2 Å². The predicted molar refractivity (Wildman–Crippen MR) is 79.8 cm³/mol. The Morgan fingerprint density at radius 3 is 2.85 bits per heavy atom. The average molecular weight is 293 g/mol. The molecule has 2 aromatic rings. The molecule has 0 spiro atoms. The van der Waals surface area contributed by atoms with Gasteiger partial charge in [-0.3, -0.25) is 4.68 Å². The Hall–Kier alpha value is -2.01. The second-order valence-corrected chi connectivity index (χ2v) is 4.88. The maximum absolute atomic E-state index is 12.1. The van der Waals surface area contributed by atoms with Crippen molar-refractivity contribution in [3.8, 4) is 0 Å². The van der Waals surface area contributed by atoms with Gasteiger partial charge in [-0.2, -0.15) is 5.10 Å². The van der Waals surface area contributed by atoms with Crippen molar-refractivity contribution in [3.63, 3.8) is 0 Å². The summed E-state index contributed by atoms with van der Waals surface area (Å²) in [7, 11) is 1.73. The lowest BCUT2D eigenvalue weighted by Crippen LogP contribution is -2.30. The fourth-order valence-electron chi connectivity index (χ4n) is 1.78. The summed E-state index contributed by atoms with van der Waals surface area (Å²) in [5, 5.41) is 7.48. The minimum absolute atomic E-state index is 0.206. The van der Waals surface area contributed by atoms with Crippen LogP contribution in [0.4, 0.5) is 10.5 Å². The SMILES string of the molecule is CCn1cc(CN(C)C(=O)Nc2ccccc2Cl)cn1. The summed E-state index contributed by atoms with van der Waals surface area (Å²) in [5.74, 6) is 0. The van der Waals surface area contributed by atoms with Crippen LogP contribution in [-0.4, -0.2) is 27.8 Å². The summed E-state index contributed by atoms with van der Waals surface area (Å²) in [5.41, 5.74) is 1.60. The number of carbonyl (C=O) groups excluding carboxylic acids is 1. The summed E-state index contributed by atoms with van der Waals surface area (Å²) >= 11 is 6.01. The van der Waals surface area contributed by atoms with E-state index in [1.165, 1.54) is 0 Å². The maximum Gasteiger partial charge on any atom is 0.321 e. The van der Waals surface area contributed by atoms with Gasteiger partial charge in [-0.15, -0.1) is 0 Å². The lowest BCUT2D eigenvalue weighted by atomic mass is 10.3. The summed E-state index contributed by atoms with van der Waals surface area (Å²) in [6.45, 7) is 3.33. The zero-order valence-electron chi connectivity index (χ0n) is 11.5. The van der Waals surface area contributed by atoms with Crippen LogP contribution in [0.1, 0.15) is 12.5 Å². The van der Waals surface area contributed by atoms with Gasteiger partial charge in [0.1, 0.15) is 0 Å². The number of anilines is 1. The van der Waals surface area contributed by atoms with Crippen molar-refractivity contribution in [1.29, 1.82) is 0 Å². The van der Waals surface area contributed by atoms with E-state index in [1.54, 1.807) is 30.3 Å². The standard InChI is InChI=1S/C14H17ClN4O/c1-3-19-10-11(8-16-19)9-18(2)14(20)17-13-7-5-4-6-12(13)15/h4-8,10H,3,9H2,1-2H3,(H,17,20). The fourth-order valence-corrected chi connectivity index (χ4v) is 1.96. The highest BCUT2D eigenvalue weighted by molar-refractivity contribution is 6.33. The van der Waals surface area contributed by atoms with Crippen LogP contribution in [0.3, 0.4) is 0 Å². The van der Waals surface area contributed by atoms with E-state index in [1.807, 2.05) is 29.9 Å². The van der Waals surface area contributed by atoms with Crippen LogP contribution in [-0.2, 0) is 13.1 Å². The Morgan fingerprint density at radius 2 is 2.20 bits per heavy atom. The summed E-state index contributed by atoms with van der Waals surface area (Å²) in [4.78, 5) is 13.7. The second-order valence-electron chi connectivity index (χ2n) is 4.47. The topological polar surface area (TPSA) is 50.2 Å². The van der Waals surface area contributed by atoms with Gasteiger partial charge in [0.25, 0.3) is 0 Å². The van der Waals surface area contributed by atoms with Gasteiger partial charge in [-0.25, -0.2) is 4.79 Å². The lowest BCUT2D eigenvalue weighted by Gasteiger charge is -2.17. The number of benzene rings is 1. The first-order valence-electron chi connectivity index (χ1n) is 6.38. The molecule has 0 unspecified atom stereocenters. The molecule has 0 fully saturated rings. The number of hydrogen-bond donors (Lipinski definition) is 1. The molecule has 106 valence electrons. The van der Waals surface area contributed by atoms with Gasteiger partial charge in [0, 0.05) is 25.4 Å². The first-order chi connectivity index (χ1) is 9.60. The molecule has 0 saturated carbocycles. The maximum atomic E-state index is 12.1. The molecule has 0 radical (unpaired) electrons. The van der Waals surface area contributed by atoms with Gasteiger partial charge in [-0.05, 0) is 19.1 Å². The van der Waals surface area contributed by atoms with Crippen molar-refractivity contribution in [1.82, 2.24) is 14.7 Å². The molecule has 20 heavy (non-hydrogen) atoms. The van der Waals surface area contributed by atoms with Crippen molar-refractivity contribution >= 4 is 23.3 Å². The number of rotatable bonds is 4. The Balaban J connectivity index is 1.97. The van der Waals surface area contributed by atoms with E-state index < -0.39 is 0 Å². The van der Waals surface area contributed by atoms with Gasteiger partial charge in [0.15, 0.2) is 0 Å². The van der Waals surface area contributed by atoms with E-state index in [2.05, 4.69) is 10.4 Å². The average Bonchev–Trinajstić information content (AvgIpc) is 2.89. The van der Waals surface area contributed by atoms with Gasteiger partial charge in [0.05, 0.1) is 23.5 Å². The quantitative estimate of drug-likeness (QED) is 0.940. The van der Waals surface area contributed by atoms with Crippen LogP contribution in [0.15, 0.2) is 36.7 Å². The molecule has 0 aliphatic heterocycles. The van der Waals surface area contributed by atoms with Crippen LogP contribution in [0, 0.1) is 0 Å². The number of hydrogen-bond acceptors (Lipinski definition) is 2. The number of nitrogens with one attached hydrogen (secondary N) is 1.